The Kier molecular flexibility index (Phi) is 2.47. The third-order valence-electron chi connectivity index (χ3n) is 2.22. The van der Waals surface area contributed by atoms with E-state index in [1.165, 1.54) is 0 Å². The van der Waals surface area contributed by atoms with Gasteiger partial charge in [-0.05, 0) is 19.1 Å². The van der Waals surface area contributed by atoms with E-state index in [2.05, 4.69) is 15.1 Å². The van der Waals surface area contributed by atoms with Gasteiger partial charge in [0.1, 0.15) is 5.69 Å². The Morgan fingerprint density at radius 1 is 1.47 bits per heavy atom. The third-order valence-corrected chi connectivity index (χ3v) is 2.22. The molecule has 0 atom stereocenters. The quantitative estimate of drug-likeness (QED) is 0.781. The van der Waals surface area contributed by atoms with Crippen molar-refractivity contribution in [3.05, 3.63) is 29.7 Å². The molecule has 0 saturated carbocycles. The number of rotatable bonds is 2. The molecule has 0 amide bonds. The highest BCUT2D eigenvalue weighted by molar-refractivity contribution is 5.49. The fraction of sp³-hybridized carbons (Fsp3) is 0.300. The number of hydrogen-bond acceptors (Lipinski definition) is 4. The summed E-state index contributed by atoms with van der Waals surface area (Å²) < 4.78 is 1.77. The van der Waals surface area contributed by atoms with Gasteiger partial charge in [-0.3, -0.25) is 4.68 Å². The molecule has 0 bridgehead atoms. The van der Waals surface area contributed by atoms with Crippen LogP contribution in [-0.4, -0.2) is 24.9 Å². The molecule has 0 aliphatic rings. The first kappa shape index (κ1) is 9.79. The van der Waals surface area contributed by atoms with Crippen molar-refractivity contribution in [3.8, 4) is 11.5 Å². The van der Waals surface area contributed by atoms with Crippen LogP contribution in [0.15, 0.2) is 18.3 Å². The van der Waals surface area contributed by atoms with E-state index in [4.69, 9.17) is 5.11 Å². The second-order valence-corrected chi connectivity index (χ2v) is 3.32. The van der Waals surface area contributed by atoms with Crippen LogP contribution in [-0.2, 0) is 13.7 Å². The predicted molar refractivity (Wildman–Crippen MR) is 54.9 cm³/mol. The minimum Gasteiger partial charge on any atom is -0.390 e. The van der Waals surface area contributed by atoms with Gasteiger partial charge in [0.15, 0.2) is 5.82 Å². The summed E-state index contributed by atoms with van der Waals surface area (Å²) in [6.07, 6.45) is 1.62. The SMILES string of the molecule is Cc1cc(-c2nccc(CO)n2)nn1C. The van der Waals surface area contributed by atoms with Gasteiger partial charge in [-0.25, -0.2) is 9.97 Å². The van der Waals surface area contributed by atoms with E-state index in [-0.39, 0.29) is 6.61 Å². The van der Waals surface area contributed by atoms with Crippen LogP contribution in [0.25, 0.3) is 11.5 Å². The Labute approximate surface area is 87.4 Å². The molecule has 1 N–H and O–H groups in total. The topological polar surface area (TPSA) is 63.8 Å². The largest absolute Gasteiger partial charge is 0.390 e. The van der Waals surface area contributed by atoms with Crippen molar-refractivity contribution in [2.24, 2.45) is 7.05 Å². The molecule has 0 aliphatic carbocycles. The number of aromatic nitrogens is 4. The second kappa shape index (κ2) is 3.78. The smallest absolute Gasteiger partial charge is 0.180 e. The molecule has 2 rings (SSSR count). The molecule has 0 aromatic carbocycles. The summed E-state index contributed by atoms with van der Waals surface area (Å²) in [6.45, 7) is 1.88. The minimum absolute atomic E-state index is 0.0820. The molecule has 0 unspecified atom stereocenters. The van der Waals surface area contributed by atoms with Gasteiger partial charge in [0.25, 0.3) is 0 Å². The van der Waals surface area contributed by atoms with E-state index in [0.717, 1.165) is 11.4 Å². The van der Waals surface area contributed by atoms with Crippen LogP contribution >= 0.6 is 0 Å². The number of hydrogen-bond donors (Lipinski definition) is 1. The van der Waals surface area contributed by atoms with E-state index >= 15 is 0 Å². The Hall–Kier alpha value is -1.75. The van der Waals surface area contributed by atoms with Gasteiger partial charge in [0, 0.05) is 18.9 Å². The van der Waals surface area contributed by atoms with E-state index in [1.54, 1.807) is 16.9 Å². The molecule has 0 saturated heterocycles. The maximum atomic E-state index is 8.95. The number of nitrogens with zero attached hydrogens (tertiary/aromatic N) is 4. The van der Waals surface area contributed by atoms with Gasteiger partial charge in [-0.1, -0.05) is 0 Å². The van der Waals surface area contributed by atoms with Gasteiger partial charge >= 0.3 is 0 Å². The van der Waals surface area contributed by atoms with Crippen molar-refractivity contribution >= 4 is 0 Å². The summed E-state index contributed by atoms with van der Waals surface area (Å²) in [6, 6.07) is 3.59. The molecular weight excluding hydrogens is 192 g/mol. The molecule has 2 aromatic heterocycles. The first-order chi connectivity index (χ1) is 7.20. The average Bonchev–Trinajstić information content (AvgIpc) is 2.59. The Morgan fingerprint density at radius 3 is 2.87 bits per heavy atom. The van der Waals surface area contributed by atoms with Gasteiger partial charge < -0.3 is 5.11 Å². The van der Waals surface area contributed by atoms with Crippen molar-refractivity contribution in [1.29, 1.82) is 0 Å². The molecule has 0 spiro atoms. The van der Waals surface area contributed by atoms with Crippen molar-refractivity contribution in [1.82, 2.24) is 19.7 Å². The van der Waals surface area contributed by atoms with Crippen molar-refractivity contribution in [2.75, 3.05) is 0 Å². The summed E-state index contributed by atoms with van der Waals surface area (Å²) in [5, 5.41) is 13.2. The Morgan fingerprint density at radius 2 is 2.27 bits per heavy atom. The summed E-state index contributed by atoms with van der Waals surface area (Å²) >= 11 is 0. The lowest BCUT2D eigenvalue weighted by Crippen LogP contribution is -1.96. The zero-order valence-electron chi connectivity index (χ0n) is 8.68. The highest BCUT2D eigenvalue weighted by Crippen LogP contribution is 2.13. The van der Waals surface area contributed by atoms with Gasteiger partial charge in [-0.2, -0.15) is 5.10 Å². The van der Waals surface area contributed by atoms with Crippen molar-refractivity contribution in [3.63, 3.8) is 0 Å². The Balaban J connectivity index is 2.44. The monoisotopic (exact) mass is 204 g/mol. The first-order valence-electron chi connectivity index (χ1n) is 4.64. The van der Waals surface area contributed by atoms with Crippen molar-refractivity contribution in [2.45, 2.75) is 13.5 Å². The molecule has 5 nitrogen and oxygen atoms in total. The van der Waals surface area contributed by atoms with E-state index in [0.29, 0.717) is 11.5 Å². The molecule has 15 heavy (non-hydrogen) atoms. The zero-order valence-corrected chi connectivity index (χ0v) is 8.68. The zero-order chi connectivity index (χ0) is 10.8. The number of aliphatic hydroxyl groups excluding tert-OH is 1. The number of aliphatic hydroxyl groups is 1. The van der Waals surface area contributed by atoms with Crippen LogP contribution in [0.1, 0.15) is 11.4 Å². The van der Waals surface area contributed by atoms with Gasteiger partial charge in [0.2, 0.25) is 0 Å². The third kappa shape index (κ3) is 1.87. The first-order valence-corrected chi connectivity index (χ1v) is 4.64. The standard InChI is InChI=1S/C10H12N4O/c1-7-5-9(13-14(7)2)10-11-4-3-8(6-15)12-10/h3-5,15H,6H2,1-2H3. The molecular formula is C10H12N4O. The lowest BCUT2D eigenvalue weighted by atomic mass is 10.3. The fourth-order valence-electron chi connectivity index (χ4n) is 1.28. The summed E-state index contributed by atoms with van der Waals surface area (Å²) in [5.74, 6) is 0.547. The molecule has 0 aliphatic heterocycles. The van der Waals surface area contributed by atoms with Gasteiger partial charge in [0.05, 0.1) is 12.3 Å². The molecule has 78 valence electrons. The molecule has 2 heterocycles. The van der Waals surface area contributed by atoms with E-state index < -0.39 is 0 Å². The van der Waals surface area contributed by atoms with Crippen LogP contribution < -0.4 is 0 Å². The maximum absolute atomic E-state index is 8.95. The van der Waals surface area contributed by atoms with Crippen LogP contribution in [0.5, 0.6) is 0 Å². The lowest BCUT2D eigenvalue weighted by molar-refractivity contribution is 0.277. The average molecular weight is 204 g/mol. The second-order valence-electron chi connectivity index (χ2n) is 3.32. The highest BCUT2D eigenvalue weighted by atomic mass is 16.3. The van der Waals surface area contributed by atoms with Crippen LogP contribution in [0.2, 0.25) is 0 Å². The minimum atomic E-state index is -0.0820. The van der Waals surface area contributed by atoms with E-state index in [1.807, 2.05) is 20.0 Å². The van der Waals surface area contributed by atoms with Gasteiger partial charge in [-0.15, -0.1) is 0 Å². The number of aryl methyl sites for hydroxylation is 2. The highest BCUT2D eigenvalue weighted by Gasteiger charge is 2.07. The fourth-order valence-corrected chi connectivity index (χ4v) is 1.28. The summed E-state index contributed by atoms with van der Waals surface area (Å²) in [4.78, 5) is 8.29. The summed E-state index contributed by atoms with van der Waals surface area (Å²) in [7, 11) is 1.87. The normalized spacial score (nSPS) is 10.6. The van der Waals surface area contributed by atoms with Crippen LogP contribution in [0.3, 0.4) is 0 Å². The maximum Gasteiger partial charge on any atom is 0.180 e. The summed E-state index contributed by atoms with van der Waals surface area (Å²) in [5.41, 5.74) is 2.37. The lowest BCUT2D eigenvalue weighted by Gasteiger charge is -1.97. The molecule has 2 aromatic rings. The van der Waals surface area contributed by atoms with Crippen LogP contribution in [0, 0.1) is 6.92 Å². The van der Waals surface area contributed by atoms with Crippen molar-refractivity contribution < 1.29 is 5.11 Å². The molecule has 0 fully saturated rings. The van der Waals surface area contributed by atoms with E-state index in [9.17, 15) is 0 Å². The van der Waals surface area contributed by atoms with Crippen LogP contribution in [0.4, 0.5) is 0 Å². The Bertz CT molecular complexity index is 459. The predicted octanol–water partition coefficient (Wildman–Crippen LogP) is 0.678. The molecule has 0 radical (unpaired) electrons. The molecule has 5 heteroatoms.